The fraction of sp³-hybridized carbons (Fsp3) is 0.417. The van der Waals surface area contributed by atoms with Gasteiger partial charge in [-0.25, -0.2) is 9.78 Å². The standard InChI is InChI=1S/C24H35N9O5S/c25-16(9-14-5-2-1-3-6-14)20(34)33-19(12-39)22(36)31-17(7-4-8-29-24(26)27)21(35)32-18(23(37)38)10-15-11-28-13-30-15/h1-3,5-6,11,13,16-19,39H,4,7-10,12,25H2,(H,28,30)(H,31,36)(H,32,35)(H,33,34)(H,37,38)(H4,26,27,29). The number of carboxylic acids is 1. The molecule has 0 radical (unpaired) electrons. The molecule has 1 aromatic heterocycles. The Labute approximate surface area is 231 Å². The molecule has 2 aromatic rings. The minimum atomic E-state index is -1.29. The van der Waals surface area contributed by atoms with Crippen molar-refractivity contribution in [3.63, 3.8) is 0 Å². The smallest absolute Gasteiger partial charge is 0.326 e. The summed E-state index contributed by atoms with van der Waals surface area (Å²) in [6.07, 6.45) is 3.43. The summed E-state index contributed by atoms with van der Waals surface area (Å²) in [5.74, 6) is -3.45. The Morgan fingerprint density at radius 2 is 1.62 bits per heavy atom. The van der Waals surface area contributed by atoms with E-state index in [9.17, 15) is 24.3 Å². The lowest BCUT2D eigenvalue weighted by molar-refractivity contribution is -0.142. The number of nitrogens with two attached hydrogens (primary N) is 3. The number of thiol groups is 1. The topological polar surface area (TPSA) is 244 Å². The molecule has 4 unspecified atom stereocenters. The summed E-state index contributed by atoms with van der Waals surface area (Å²) >= 11 is 4.16. The monoisotopic (exact) mass is 561 g/mol. The Kier molecular flexibility index (Phi) is 12.8. The molecule has 3 amide bonds. The minimum absolute atomic E-state index is 0.0512. The number of carbonyl (C=O) groups is 4. The first-order chi connectivity index (χ1) is 18.6. The van der Waals surface area contributed by atoms with Crippen LogP contribution in [0.5, 0.6) is 0 Å². The SMILES string of the molecule is NC(N)=NCCCC(NC(=O)C(CS)NC(=O)C(N)Cc1ccccc1)C(=O)NC(Cc1cnc[nH]1)C(=O)O. The summed E-state index contributed by atoms with van der Waals surface area (Å²) in [6, 6.07) is 4.71. The van der Waals surface area contributed by atoms with Crippen molar-refractivity contribution < 1.29 is 24.3 Å². The van der Waals surface area contributed by atoms with Crippen LogP contribution in [-0.2, 0) is 32.0 Å². The molecule has 0 fully saturated rings. The first kappa shape index (κ1) is 31.1. The van der Waals surface area contributed by atoms with E-state index in [1.54, 1.807) is 0 Å². The van der Waals surface area contributed by atoms with Gasteiger partial charge in [0.15, 0.2) is 5.96 Å². The number of H-pyrrole nitrogens is 1. The van der Waals surface area contributed by atoms with Gasteiger partial charge >= 0.3 is 5.97 Å². The van der Waals surface area contributed by atoms with Crippen LogP contribution in [0.1, 0.15) is 24.1 Å². The zero-order valence-corrected chi connectivity index (χ0v) is 22.1. The third kappa shape index (κ3) is 11.0. The first-order valence-corrected chi connectivity index (χ1v) is 12.8. The highest BCUT2D eigenvalue weighted by Crippen LogP contribution is 2.06. The molecule has 11 N–H and O–H groups in total. The number of nitrogens with one attached hydrogen (secondary N) is 4. The number of rotatable bonds is 16. The largest absolute Gasteiger partial charge is 0.480 e. The fourth-order valence-corrected chi connectivity index (χ4v) is 3.82. The number of guanidine groups is 1. The molecular weight excluding hydrogens is 526 g/mol. The van der Waals surface area contributed by atoms with Gasteiger partial charge in [-0.15, -0.1) is 0 Å². The molecule has 212 valence electrons. The summed E-state index contributed by atoms with van der Waals surface area (Å²) in [4.78, 5) is 61.0. The van der Waals surface area contributed by atoms with Crippen LogP contribution in [0.4, 0.5) is 0 Å². The number of nitrogens with zero attached hydrogens (tertiary/aromatic N) is 2. The van der Waals surface area contributed by atoms with E-state index < -0.39 is 47.9 Å². The number of hydrogen-bond donors (Lipinski definition) is 9. The highest BCUT2D eigenvalue weighted by molar-refractivity contribution is 7.80. The summed E-state index contributed by atoms with van der Waals surface area (Å²) in [5, 5.41) is 17.2. The molecule has 4 atom stereocenters. The third-order valence-electron chi connectivity index (χ3n) is 5.62. The van der Waals surface area contributed by atoms with Gasteiger partial charge in [0.1, 0.15) is 18.1 Å². The Morgan fingerprint density at radius 3 is 2.21 bits per heavy atom. The van der Waals surface area contributed by atoms with Gasteiger partial charge in [-0.2, -0.15) is 12.6 Å². The molecule has 0 aliphatic rings. The molecule has 39 heavy (non-hydrogen) atoms. The molecule has 14 nitrogen and oxygen atoms in total. The number of imidazole rings is 1. The lowest BCUT2D eigenvalue weighted by atomic mass is 10.1. The van der Waals surface area contributed by atoms with E-state index in [2.05, 4.69) is 43.5 Å². The number of carboxylic acid groups (broad SMARTS) is 1. The number of aliphatic carboxylic acids is 1. The van der Waals surface area contributed by atoms with Gasteiger partial charge in [-0.3, -0.25) is 19.4 Å². The molecule has 15 heteroatoms. The maximum absolute atomic E-state index is 13.1. The van der Waals surface area contributed by atoms with Crippen LogP contribution in [0.25, 0.3) is 0 Å². The van der Waals surface area contributed by atoms with Gasteiger partial charge in [0.25, 0.3) is 0 Å². The van der Waals surface area contributed by atoms with Gasteiger partial charge < -0.3 is 43.2 Å². The van der Waals surface area contributed by atoms with E-state index in [1.165, 1.54) is 12.5 Å². The van der Waals surface area contributed by atoms with Gasteiger partial charge in [0, 0.05) is 30.6 Å². The molecule has 0 aliphatic heterocycles. The van der Waals surface area contributed by atoms with Gasteiger partial charge in [0.2, 0.25) is 17.7 Å². The van der Waals surface area contributed by atoms with Crippen molar-refractivity contribution in [2.75, 3.05) is 12.3 Å². The minimum Gasteiger partial charge on any atom is -0.480 e. The Bertz CT molecular complexity index is 1110. The summed E-state index contributed by atoms with van der Waals surface area (Å²) in [7, 11) is 0. The van der Waals surface area contributed by atoms with Crippen molar-refractivity contribution in [2.45, 2.75) is 49.9 Å². The molecule has 2 rings (SSSR count). The Balaban J connectivity index is 2.07. The number of hydrogen-bond acceptors (Lipinski definition) is 8. The number of aliphatic imine (C=N–C) groups is 1. The van der Waals surface area contributed by atoms with Gasteiger partial charge in [-0.1, -0.05) is 30.3 Å². The van der Waals surface area contributed by atoms with Crippen molar-refractivity contribution in [2.24, 2.45) is 22.2 Å². The number of aromatic amines is 1. The molecule has 0 saturated carbocycles. The van der Waals surface area contributed by atoms with Gasteiger partial charge in [-0.05, 0) is 24.8 Å². The predicted molar refractivity (Wildman–Crippen MR) is 148 cm³/mol. The van der Waals surface area contributed by atoms with E-state index in [1.807, 2.05) is 30.3 Å². The highest BCUT2D eigenvalue weighted by atomic mass is 32.1. The van der Waals surface area contributed by atoms with Crippen LogP contribution >= 0.6 is 12.6 Å². The van der Waals surface area contributed by atoms with E-state index in [0.29, 0.717) is 12.1 Å². The number of aromatic nitrogens is 2. The zero-order valence-electron chi connectivity index (χ0n) is 21.2. The van der Waals surface area contributed by atoms with Crippen LogP contribution in [0.3, 0.4) is 0 Å². The highest BCUT2D eigenvalue weighted by Gasteiger charge is 2.30. The molecular formula is C24H35N9O5S. The number of carbonyl (C=O) groups excluding carboxylic acids is 3. The molecule has 0 saturated heterocycles. The number of amides is 3. The van der Waals surface area contributed by atoms with Crippen molar-refractivity contribution >= 4 is 42.3 Å². The molecule has 0 spiro atoms. The first-order valence-electron chi connectivity index (χ1n) is 12.2. The van der Waals surface area contributed by atoms with Crippen LogP contribution in [0.2, 0.25) is 0 Å². The molecule has 1 aromatic carbocycles. The Morgan fingerprint density at radius 1 is 0.974 bits per heavy atom. The van der Waals surface area contributed by atoms with Crippen molar-refractivity contribution in [3.05, 3.63) is 54.1 Å². The van der Waals surface area contributed by atoms with Crippen LogP contribution in [-0.4, -0.2) is 81.2 Å². The van der Waals surface area contributed by atoms with Crippen LogP contribution < -0.4 is 33.2 Å². The molecule has 1 heterocycles. The maximum atomic E-state index is 13.1. The quantitative estimate of drug-likeness (QED) is 0.0477. The second-order valence-corrected chi connectivity index (χ2v) is 9.10. The summed E-state index contributed by atoms with van der Waals surface area (Å²) in [5.41, 5.74) is 18.0. The number of benzene rings is 1. The van der Waals surface area contributed by atoms with Crippen LogP contribution in [0, 0.1) is 0 Å². The van der Waals surface area contributed by atoms with E-state index in [4.69, 9.17) is 17.2 Å². The van der Waals surface area contributed by atoms with Crippen molar-refractivity contribution in [1.29, 1.82) is 0 Å². The predicted octanol–water partition coefficient (Wildman–Crippen LogP) is -1.96. The second kappa shape index (κ2) is 16.0. The van der Waals surface area contributed by atoms with E-state index in [-0.39, 0.29) is 37.5 Å². The normalized spacial score (nSPS) is 13.8. The van der Waals surface area contributed by atoms with E-state index in [0.717, 1.165) is 5.56 Å². The van der Waals surface area contributed by atoms with Crippen molar-refractivity contribution in [1.82, 2.24) is 25.9 Å². The zero-order chi connectivity index (χ0) is 28.8. The lowest BCUT2D eigenvalue weighted by Gasteiger charge is -2.24. The summed E-state index contributed by atoms with van der Waals surface area (Å²) in [6.45, 7) is 0.180. The molecule has 0 bridgehead atoms. The Hall–Kier alpha value is -4.11. The fourth-order valence-electron chi connectivity index (χ4n) is 3.57. The summed E-state index contributed by atoms with van der Waals surface area (Å²) < 4.78 is 0. The average Bonchev–Trinajstić information content (AvgIpc) is 3.41. The van der Waals surface area contributed by atoms with Gasteiger partial charge in [0.05, 0.1) is 12.4 Å². The third-order valence-corrected chi connectivity index (χ3v) is 5.99. The van der Waals surface area contributed by atoms with Crippen LogP contribution in [0.15, 0.2) is 47.8 Å². The average molecular weight is 562 g/mol. The maximum Gasteiger partial charge on any atom is 0.326 e. The van der Waals surface area contributed by atoms with Crippen molar-refractivity contribution in [3.8, 4) is 0 Å². The van der Waals surface area contributed by atoms with E-state index >= 15 is 0 Å². The molecule has 0 aliphatic carbocycles. The second-order valence-electron chi connectivity index (χ2n) is 8.73. The lowest BCUT2D eigenvalue weighted by Crippen LogP contribution is -2.58.